The van der Waals surface area contributed by atoms with Crippen LogP contribution in [0.25, 0.3) is 23.3 Å². The van der Waals surface area contributed by atoms with Crippen LogP contribution < -0.4 is 5.32 Å². The molecule has 0 radical (unpaired) electrons. The molecule has 4 aromatic carbocycles. The lowest BCUT2D eigenvalue weighted by Gasteiger charge is -2.17. The van der Waals surface area contributed by atoms with Gasteiger partial charge in [0.25, 0.3) is 0 Å². The predicted molar refractivity (Wildman–Crippen MR) is 140 cm³/mol. The maximum absolute atomic E-state index is 13.0. The van der Waals surface area contributed by atoms with Crippen LogP contribution in [0.4, 0.5) is 0 Å². The Bertz CT molecular complexity index is 1260. The molecule has 0 aromatic heterocycles. The zero-order valence-corrected chi connectivity index (χ0v) is 19.3. The van der Waals surface area contributed by atoms with Crippen molar-refractivity contribution in [2.75, 3.05) is 0 Å². The molecule has 4 rings (SSSR count). The molecule has 3 nitrogen and oxygen atoms in total. The second-order valence-corrected chi connectivity index (χ2v) is 8.26. The average molecular weight is 448 g/mol. The minimum atomic E-state index is -0.158. The van der Waals surface area contributed by atoms with Crippen molar-refractivity contribution < 1.29 is 9.90 Å². The van der Waals surface area contributed by atoms with E-state index in [2.05, 4.69) is 35.7 Å². The highest BCUT2D eigenvalue weighted by atomic mass is 16.3. The molecule has 4 aromatic rings. The Morgan fingerprint density at radius 3 is 2.18 bits per heavy atom. The number of carbonyl (C=O) groups is 1. The van der Waals surface area contributed by atoms with E-state index in [0.29, 0.717) is 6.54 Å². The number of hydrogen-bond acceptors (Lipinski definition) is 2. The predicted octanol–water partition coefficient (Wildman–Crippen LogP) is 7.04. The van der Waals surface area contributed by atoms with Gasteiger partial charge in [0, 0.05) is 6.54 Å². The third-order valence-electron chi connectivity index (χ3n) is 6.00. The summed E-state index contributed by atoms with van der Waals surface area (Å²) in [5, 5.41) is 12.7. The van der Waals surface area contributed by atoms with Gasteiger partial charge in [-0.25, -0.2) is 0 Å². The molecule has 0 aliphatic carbocycles. The lowest BCUT2D eigenvalue weighted by Crippen LogP contribution is -2.28. The Morgan fingerprint density at radius 2 is 1.44 bits per heavy atom. The van der Waals surface area contributed by atoms with Crippen molar-refractivity contribution in [1.29, 1.82) is 0 Å². The minimum absolute atomic E-state index is 0.0454. The van der Waals surface area contributed by atoms with Crippen LogP contribution in [0.15, 0.2) is 103 Å². The summed E-state index contributed by atoms with van der Waals surface area (Å²) >= 11 is 0. The van der Waals surface area contributed by atoms with Crippen molar-refractivity contribution in [2.24, 2.45) is 0 Å². The van der Waals surface area contributed by atoms with Gasteiger partial charge >= 0.3 is 0 Å². The molecule has 2 N–H and O–H groups in total. The van der Waals surface area contributed by atoms with Crippen LogP contribution >= 0.6 is 0 Å². The van der Waals surface area contributed by atoms with Crippen molar-refractivity contribution in [3.63, 3.8) is 0 Å². The quantitative estimate of drug-likeness (QED) is 0.285. The van der Waals surface area contributed by atoms with E-state index in [0.717, 1.165) is 39.8 Å². The number of nitrogens with one attached hydrogen (secondary N) is 1. The number of rotatable bonds is 8. The molecule has 170 valence electrons. The van der Waals surface area contributed by atoms with E-state index in [1.807, 2.05) is 79.7 Å². The third kappa shape index (κ3) is 5.62. The van der Waals surface area contributed by atoms with Crippen molar-refractivity contribution in [1.82, 2.24) is 5.32 Å². The van der Waals surface area contributed by atoms with Gasteiger partial charge in [-0.05, 0) is 51.9 Å². The number of phenols is 1. The van der Waals surface area contributed by atoms with Gasteiger partial charge in [0.15, 0.2) is 0 Å². The summed E-state index contributed by atoms with van der Waals surface area (Å²) in [4.78, 5) is 13.0. The molecule has 0 heterocycles. The van der Waals surface area contributed by atoms with E-state index in [-0.39, 0.29) is 17.6 Å². The molecule has 34 heavy (non-hydrogen) atoms. The SMILES string of the molecule is CC[C@@H](C(=O)NCc1ccccc1-c1ccccc1/C=C/c1ccc(O)cc1)c1ccccc1. The number of phenolic OH excluding ortho intramolecular Hbond substituents is 1. The standard InChI is InChI=1S/C31H29NO2/c1-2-28(24-10-4-3-5-11-24)31(34)32-22-26-13-7-9-15-30(26)29-14-8-6-12-25(29)19-16-23-17-20-27(33)21-18-23/h3-21,28,33H,2,22H2,1H3,(H,32,34)/b19-16+/t28-/m1/s1. The monoisotopic (exact) mass is 447 g/mol. The molecule has 0 saturated carbocycles. The second-order valence-electron chi connectivity index (χ2n) is 8.26. The highest BCUT2D eigenvalue weighted by Gasteiger charge is 2.18. The van der Waals surface area contributed by atoms with Crippen LogP contribution in [-0.2, 0) is 11.3 Å². The molecule has 3 heteroatoms. The van der Waals surface area contributed by atoms with E-state index in [1.165, 1.54) is 0 Å². The summed E-state index contributed by atoms with van der Waals surface area (Å²) in [6.45, 7) is 2.51. The van der Waals surface area contributed by atoms with Crippen molar-refractivity contribution >= 4 is 18.1 Å². The van der Waals surface area contributed by atoms with Gasteiger partial charge in [-0.15, -0.1) is 0 Å². The minimum Gasteiger partial charge on any atom is -0.508 e. The zero-order chi connectivity index (χ0) is 23.8. The first kappa shape index (κ1) is 23.1. The Hall–Kier alpha value is -4.11. The molecule has 0 aliphatic heterocycles. The van der Waals surface area contributed by atoms with Crippen LogP contribution in [0.1, 0.15) is 41.5 Å². The number of hydrogen-bond donors (Lipinski definition) is 2. The summed E-state index contributed by atoms with van der Waals surface area (Å²) in [7, 11) is 0. The molecule has 0 fully saturated rings. The molecule has 0 bridgehead atoms. The molecular weight excluding hydrogens is 418 g/mol. The van der Waals surface area contributed by atoms with Crippen LogP contribution in [0, 0.1) is 0 Å². The van der Waals surface area contributed by atoms with Gasteiger partial charge in [0.05, 0.1) is 5.92 Å². The van der Waals surface area contributed by atoms with E-state index in [4.69, 9.17) is 0 Å². The number of aromatic hydroxyl groups is 1. The molecule has 1 amide bonds. The highest BCUT2D eigenvalue weighted by Crippen LogP contribution is 2.29. The average Bonchev–Trinajstić information content (AvgIpc) is 2.88. The van der Waals surface area contributed by atoms with E-state index >= 15 is 0 Å². The molecular formula is C31H29NO2. The Labute approximate surface area is 201 Å². The topological polar surface area (TPSA) is 49.3 Å². The fraction of sp³-hybridized carbons (Fsp3) is 0.129. The van der Waals surface area contributed by atoms with Gasteiger partial charge < -0.3 is 10.4 Å². The summed E-state index contributed by atoms with van der Waals surface area (Å²) < 4.78 is 0. The Balaban J connectivity index is 1.56. The van der Waals surface area contributed by atoms with Crippen LogP contribution in [0.5, 0.6) is 5.75 Å². The Kier molecular flexibility index (Phi) is 7.56. The number of benzene rings is 4. The van der Waals surface area contributed by atoms with Gasteiger partial charge in [-0.3, -0.25) is 4.79 Å². The van der Waals surface area contributed by atoms with Crippen molar-refractivity contribution in [3.05, 3.63) is 125 Å². The highest BCUT2D eigenvalue weighted by molar-refractivity contribution is 5.85. The largest absolute Gasteiger partial charge is 0.508 e. The molecule has 0 spiro atoms. The number of amides is 1. The Morgan fingerprint density at radius 1 is 0.794 bits per heavy atom. The second kappa shape index (κ2) is 11.2. The lowest BCUT2D eigenvalue weighted by atomic mass is 9.93. The van der Waals surface area contributed by atoms with Crippen molar-refractivity contribution in [2.45, 2.75) is 25.8 Å². The van der Waals surface area contributed by atoms with E-state index < -0.39 is 0 Å². The van der Waals surface area contributed by atoms with Gasteiger partial charge in [-0.2, -0.15) is 0 Å². The summed E-state index contributed by atoms with van der Waals surface area (Å²) in [5.41, 5.74) is 6.42. The first-order valence-electron chi connectivity index (χ1n) is 11.6. The van der Waals surface area contributed by atoms with Crippen molar-refractivity contribution in [3.8, 4) is 16.9 Å². The van der Waals surface area contributed by atoms with Gasteiger partial charge in [-0.1, -0.05) is 110 Å². The van der Waals surface area contributed by atoms with Gasteiger partial charge in [0.1, 0.15) is 5.75 Å². The van der Waals surface area contributed by atoms with E-state index in [1.54, 1.807) is 12.1 Å². The maximum atomic E-state index is 13.0. The van der Waals surface area contributed by atoms with Gasteiger partial charge in [0.2, 0.25) is 5.91 Å². The summed E-state index contributed by atoms with van der Waals surface area (Å²) in [6.07, 6.45) is 4.87. The molecule has 1 atom stereocenters. The first-order chi connectivity index (χ1) is 16.7. The summed E-state index contributed by atoms with van der Waals surface area (Å²) in [5.74, 6) is 0.143. The molecule has 0 saturated heterocycles. The fourth-order valence-electron chi connectivity index (χ4n) is 4.16. The van der Waals surface area contributed by atoms with Crippen LogP contribution in [0.2, 0.25) is 0 Å². The lowest BCUT2D eigenvalue weighted by molar-refractivity contribution is -0.122. The van der Waals surface area contributed by atoms with Crippen LogP contribution in [0.3, 0.4) is 0 Å². The normalized spacial score (nSPS) is 11.9. The fourth-order valence-corrected chi connectivity index (χ4v) is 4.16. The van der Waals surface area contributed by atoms with E-state index in [9.17, 15) is 9.90 Å². The van der Waals surface area contributed by atoms with Crippen LogP contribution in [-0.4, -0.2) is 11.0 Å². The summed E-state index contributed by atoms with van der Waals surface area (Å²) in [6, 6.07) is 33.5. The maximum Gasteiger partial charge on any atom is 0.227 e. The number of carbonyl (C=O) groups excluding carboxylic acids is 1. The smallest absolute Gasteiger partial charge is 0.227 e. The zero-order valence-electron chi connectivity index (χ0n) is 19.3. The molecule has 0 unspecified atom stereocenters. The molecule has 0 aliphatic rings. The first-order valence-corrected chi connectivity index (χ1v) is 11.6. The third-order valence-corrected chi connectivity index (χ3v) is 6.00.